The third-order valence-corrected chi connectivity index (χ3v) is 5.06. The maximum atomic E-state index is 12.5. The van der Waals surface area contributed by atoms with Crippen LogP contribution in [0.4, 0.5) is 5.69 Å². The lowest BCUT2D eigenvalue weighted by molar-refractivity contribution is -0.117. The number of aryl methyl sites for hydroxylation is 1. The molecule has 2 aromatic carbocycles. The van der Waals surface area contributed by atoms with Gasteiger partial charge in [-0.25, -0.2) is 4.68 Å². The molecule has 0 aliphatic carbocycles. The van der Waals surface area contributed by atoms with Crippen molar-refractivity contribution in [1.29, 1.82) is 0 Å². The Morgan fingerprint density at radius 3 is 2.34 bits per heavy atom. The summed E-state index contributed by atoms with van der Waals surface area (Å²) in [7, 11) is 0. The van der Waals surface area contributed by atoms with Crippen LogP contribution >= 0.6 is 0 Å². The number of aromatic nitrogens is 3. The number of hydrogen-bond donors (Lipinski definition) is 1. The minimum Gasteiger partial charge on any atom is -0.463 e. The molecule has 3 rings (SSSR count). The maximum Gasteiger partial charge on any atom is 0.336 e. The lowest BCUT2D eigenvalue weighted by atomic mass is 9.84. The molecule has 0 bridgehead atoms. The van der Waals surface area contributed by atoms with Crippen LogP contribution in [0.3, 0.4) is 0 Å². The molecule has 3 aromatic rings. The molecule has 1 heterocycles. The first-order valence-corrected chi connectivity index (χ1v) is 11.2. The normalized spacial score (nSPS) is 12.4. The number of nitrogens with one attached hydrogen (secondary N) is 1. The summed E-state index contributed by atoms with van der Waals surface area (Å²) < 4.78 is 7.31. The molecule has 0 fully saturated rings. The van der Waals surface area contributed by atoms with Gasteiger partial charge in [-0.3, -0.25) is 4.79 Å². The van der Waals surface area contributed by atoms with Crippen molar-refractivity contribution in [3.63, 3.8) is 0 Å². The summed E-state index contributed by atoms with van der Waals surface area (Å²) in [6.07, 6.45) is 1.52. The minimum absolute atomic E-state index is 0.0363. The Balaban J connectivity index is 1.77. The average molecular weight is 435 g/mol. The number of anilines is 1. The highest BCUT2D eigenvalue weighted by atomic mass is 16.5. The number of ether oxygens (including phenoxy) is 1. The Labute approximate surface area is 191 Å². The fraction of sp³-hybridized carbons (Fsp3) is 0.423. The first kappa shape index (κ1) is 23.5. The number of rotatable bonds is 8. The molecule has 6 nitrogen and oxygen atoms in total. The van der Waals surface area contributed by atoms with Gasteiger partial charge in [0.15, 0.2) is 5.82 Å². The van der Waals surface area contributed by atoms with Crippen molar-refractivity contribution in [2.24, 2.45) is 11.3 Å². The van der Waals surface area contributed by atoms with Crippen LogP contribution in [0.1, 0.15) is 53.0 Å². The third kappa shape index (κ3) is 6.42. The summed E-state index contributed by atoms with van der Waals surface area (Å²) in [6, 6.07) is 16.1. The Morgan fingerprint density at radius 2 is 1.75 bits per heavy atom. The SMILES string of the molecule is CCOc1nc(-c2ccc(C)cc2)n(-c2ccc(NC(=O)CC(C)CC(C)(C)C)cc2)n1. The molecule has 32 heavy (non-hydrogen) atoms. The van der Waals surface area contributed by atoms with E-state index in [2.05, 4.69) is 50.0 Å². The van der Waals surface area contributed by atoms with Gasteiger partial charge in [-0.2, -0.15) is 4.98 Å². The Kier molecular flexibility index (Phi) is 7.33. The molecule has 1 unspecified atom stereocenters. The quantitative estimate of drug-likeness (QED) is 0.469. The van der Waals surface area contributed by atoms with Gasteiger partial charge in [0.25, 0.3) is 0 Å². The zero-order valence-corrected chi connectivity index (χ0v) is 20.0. The number of nitrogens with zero attached hydrogens (tertiary/aromatic N) is 3. The minimum atomic E-state index is 0.0363. The van der Waals surface area contributed by atoms with Crippen LogP contribution in [0, 0.1) is 18.3 Å². The molecule has 170 valence electrons. The predicted molar refractivity (Wildman–Crippen MR) is 129 cm³/mol. The lowest BCUT2D eigenvalue weighted by Crippen LogP contribution is -2.18. The van der Waals surface area contributed by atoms with Crippen LogP contribution in [-0.2, 0) is 4.79 Å². The van der Waals surface area contributed by atoms with Crippen molar-refractivity contribution < 1.29 is 9.53 Å². The molecule has 0 aliphatic rings. The summed E-state index contributed by atoms with van der Waals surface area (Å²) in [5.41, 5.74) is 3.97. The summed E-state index contributed by atoms with van der Waals surface area (Å²) in [5, 5.41) is 7.54. The van der Waals surface area contributed by atoms with E-state index >= 15 is 0 Å². The van der Waals surface area contributed by atoms with Crippen LogP contribution in [0.25, 0.3) is 17.1 Å². The van der Waals surface area contributed by atoms with E-state index in [0.29, 0.717) is 30.8 Å². The smallest absolute Gasteiger partial charge is 0.336 e. The first-order chi connectivity index (χ1) is 15.1. The maximum absolute atomic E-state index is 12.5. The highest BCUT2D eigenvalue weighted by Crippen LogP contribution is 2.27. The van der Waals surface area contributed by atoms with Crippen LogP contribution < -0.4 is 10.1 Å². The van der Waals surface area contributed by atoms with Gasteiger partial charge in [0, 0.05) is 17.7 Å². The van der Waals surface area contributed by atoms with Gasteiger partial charge in [0.05, 0.1) is 12.3 Å². The van der Waals surface area contributed by atoms with Crippen LogP contribution in [0.5, 0.6) is 6.01 Å². The Morgan fingerprint density at radius 1 is 1.09 bits per heavy atom. The second-order valence-electron chi connectivity index (χ2n) is 9.60. The zero-order valence-electron chi connectivity index (χ0n) is 20.0. The van der Waals surface area contributed by atoms with Crippen molar-refractivity contribution in [1.82, 2.24) is 14.8 Å². The van der Waals surface area contributed by atoms with Crippen LogP contribution in [-0.4, -0.2) is 27.3 Å². The van der Waals surface area contributed by atoms with E-state index in [9.17, 15) is 4.79 Å². The molecule has 0 aliphatic heterocycles. The Bertz CT molecular complexity index is 1030. The van der Waals surface area contributed by atoms with Crippen molar-refractivity contribution in [3.05, 3.63) is 54.1 Å². The number of carbonyl (C=O) groups excluding carboxylic acids is 1. The van der Waals surface area contributed by atoms with E-state index in [4.69, 9.17) is 4.74 Å². The second kappa shape index (κ2) is 9.98. The van der Waals surface area contributed by atoms with Gasteiger partial charge < -0.3 is 10.1 Å². The van der Waals surface area contributed by atoms with E-state index in [0.717, 1.165) is 23.4 Å². The number of amides is 1. The largest absolute Gasteiger partial charge is 0.463 e. The van der Waals surface area contributed by atoms with Crippen molar-refractivity contribution >= 4 is 11.6 Å². The molecule has 0 radical (unpaired) electrons. The molecule has 1 aromatic heterocycles. The van der Waals surface area contributed by atoms with Crippen molar-refractivity contribution in [3.8, 4) is 23.1 Å². The summed E-state index contributed by atoms with van der Waals surface area (Å²) in [4.78, 5) is 17.0. The highest BCUT2D eigenvalue weighted by Gasteiger charge is 2.18. The van der Waals surface area contributed by atoms with Crippen molar-refractivity contribution in [2.75, 3.05) is 11.9 Å². The highest BCUT2D eigenvalue weighted by molar-refractivity contribution is 5.90. The predicted octanol–water partition coefficient (Wildman–Crippen LogP) is 6.04. The average Bonchev–Trinajstić information content (AvgIpc) is 3.11. The van der Waals surface area contributed by atoms with Gasteiger partial charge in [-0.1, -0.05) is 57.5 Å². The van der Waals surface area contributed by atoms with Crippen molar-refractivity contribution in [2.45, 2.75) is 54.4 Å². The molecule has 0 saturated heterocycles. The standard InChI is InChI=1S/C26H34N4O2/c1-7-32-25-28-24(20-10-8-18(2)9-11-20)30(29-25)22-14-12-21(13-15-22)27-23(31)16-19(3)17-26(4,5)6/h8-15,19H,7,16-17H2,1-6H3,(H,27,31). The molecule has 6 heteroatoms. The van der Waals surface area contributed by atoms with Crippen LogP contribution in [0.15, 0.2) is 48.5 Å². The monoisotopic (exact) mass is 434 g/mol. The molecule has 1 atom stereocenters. The van der Waals surface area contributed by atoms with Gasteiger partial charge in [0.1, 0.15) is 0 Å². The summed E-state index contributed by atoms with van der Waals surface area (Å²) in [6.45, 7) is 13.2. The topological polar surface area (TPSA) is 69.0 Å². The second-order valence-corrected chi connectivity index (χ2v) is 9.60. The van der Waals surface area contributed by atoms with E-state index < -0.39 is 0 Å². The van der Waals surface area contributed by atoms with Gasteiger partial charge in [0.2, 0.25) is 5.91 Å². The van der Waals surface area contributed by atoms with E-state index in [1.54, 1.807) is 4.68 Å². The van der Waals surface area contributed by atoms with E-state index in [-0.39, 0.29) is 11.3 Å². The first-order valence-electron chi connectivity index (χ1n) is 11.2. The van der Waals surface area contributed by atoms with Crippen LogP contribution in [0.2, 0.25) is 0 Å². The van der Waals surface area contributed by atoms with Gasteiger partial charge in [-0.15, -0.1) is 5.10 Å². The van der Waals surface area contributed by atoms with E-state index in [1.165, 1.54) is 5.56 Å². The lowest BCUT2D eigenvalue weighted by Gasteiger charge is -2.22. The summed E-state index contributed by atoms with van der Waals surface area (Å²) in [5.74, 6) is 1.08. The number of carbonyl (C=O) groups is 1. The Hall–Kier alpha value is -3.15. The molecule has 1 N–H and O–H groups in total. The van der Waals surface area contributed by atoms with Gasteiger partial charge >= 0.3 is 6.01 Å². The number of hydrogen-bond acceptors (Lipinski definition) is 4. The third-order valence-electron chi connectivity index (χ3n) is 5.06. The van der Waals surface area contributed by atoms with Gasteiger partial charge in [-0.05, 0) is 55.9 Å². The molecule has 0 spiro atoms. The summed E-state index contributed by atoms with van der Waals surface area (Å²) >= 11 is 0. The molecule has 1 amide bonds. The molecular weight excluding hydrogens is 400 g/mol. The molecular formula is C26H34N4O2. The fourth-order valence-electron chi connectivity index (χ4n) is 3.88. The number of benzene rings is 2. The van der Waals surface area contributed by atoms with E-state index in [1.807, 2.05) is 55.5 Å². The fourth-order valence-corrected chi connectivity index (χ4v) is 3.88. The molecule has 0 saturated carbocycles. The zero-order chi connectivity index (χ0) is 23.3.